The van der Waals surface area contributed by atoms with E-state index in [-0.39, 0.29) is 5.56 Å². The van der Waals surface area contributed by atoms with Gasteiger partial charge in [-0.1, -0.05) is 6.07 Å². The molecule has 1 unspecified atom stereocenters. The van der Waals surface area contributed by atoms with Gasteiger partial charge in [-0.15, -0.1) is 0 Å². The molecule has 1 atom stereocenters. The van der Waals surface area contributed by atoms with Crippen molar-refractivity contribution in [3.8, 4) is 5.75 Å². The molecule has 104 valence electrons. The highest BCUT2D eigenvalue weighted by atomic mass is 16.5. The van der Waals surface area contributed by atoms with Gasteiger partial charge in [-0.25, -0.2) is 4.79 Å². The average Bonchev–Trinajstić information content (AvgIpc) is 2.87. The summed E-state index contributed by atoms with van der Waals surface area (Å²) in [5, 5.41) is 9.09. The summed E-state index contributed by atoms with van der Waals surface area (Å²) >= 11 is 0. The highest BCUT2D eigenvalue weighted by Gasteiger charge is 2.15. The predicted octanol–water partition coefficient (Wildman–Crippen LogP) is 3.03. The third-order valence-electron chi connectivity index (χ3n) is 3.32. The SMILES string of the molecule is Cc1ccc(C(=O)O)c(OCCCC2CCCO2)c1. The zero-order valence-electron chi connectivity index (χ0n) is 11.2. The predicted molar refractivity (Wildman–Crippen MR) is 71.8 cm³/mol. The molecule has 4 heteroatoms. The van der Waals surface area contributed by atoms with Crippen molar-refractivity contribution in [3.63, 3.8) is 0 Å². The van der Waals surface area contributed by atoms with Crippen molar-refractivity contribution < 1.29 is 19.4 Å². The van der Waals surface area contributed by atoms with Gasteiger partial charge in [-0.2, -0.15) is 0 Å². The first-order chi connectivity index (χ1) is 9.16. The maximum absolute atomic E-state index is 11.1. The Labute approximate surface area is 113 Å². The Morgan fingerprint density at radius 3 is 3.05 bits per heavy atom. The van der Waals surface area contributed by atoms with Crippen molar-refractivity contribution in [1.29, 1.82) is 0 Å². The second kappa shape index (κ2) is 6.57. The molecule has 1 saturated heterocycles. The summed E-state index contributed by atoms with van der Waals surface area (Å²) in [6, 6.07) is 5.14. The van der Waals surface area contributed by atoms with Crippen molar-refractivity contribution in [3.05, 3.63) is 29.3 Å². The fourth-order valence-corrected chi connectivity index (χ4v) is 2.29. The number of rotatable bonds is 6. The molecule has 0 spiro atoms. The number of carboxylic acids is 1. The molecule has 0 aliphatic carbocycles. The average molecular weight is 264 g/mol. The van der Waals surface area contributed by atoms with Crippen LogP contribution in [0.3, 0.4) is 0 Å². The van der Waals surface area contributed by atoms with Gasteiger partial charge in [0.2, 0.25) is 0 Å². The Morgan fingerprint density at radius 1 is 1.53 bits per heavy atom. The van der Waals surface area contributed by atoms with Crippen LogP contribution >= 0.6 is 0 Å². The van der Waals surface area contributed by atoms with E-state index in [9.17, 15) is 4.79 Å². The van der Waals surface area contributed by atoms with Gasteiger partial charge >= 0.3 is 5.97 Å². The fourth-order valence-electron chi connectivity index (χ4n) is 2.29. The third-order valence-corrected chi connectivity index (χ3v) is 3.32. The minimum Gasteiger partial charge on any atom is -0.493 e. The highest BCUT2D eigenvalue weighted by molar-refractivity contribution is 5.90. The van der Waals surface area contributed by atoms with Crippen molar-refractivity contribution in [2.24, 2.45) is 0 Å². The van der Waals surface area contributed by atoms with Crippen LogP contribution in [0, 0.1) is 6.92 Å². The number of hydrogen-bond donors (Lipinski definition) is 1. The van der Waals surface area contributed by atoms with Crippen molar-refractivity contribution in [2.45, 2.75) is 38.7 Å². The molecule has 1 aromatic rings. The molecule has 1 N–H and O–H groups in total. The molecule has 0 radical (unpaired) electrons. The maximum atomic E-state index is 11.1. The first kappa shape index (κ1) is 13.9. The van der Waals surface area contributed by atoms with E-state index in [4.69, 9.17) is 14.6 Å². The van der Waals surface area contributed by atoms with Gasteiger partial charge in [0.05, 0.1) is 12.7 Å². The van der Waals surface area contributed by atoms with Gasteiger partial charge in [-0.05, 0) is 50.3 Å². The zero-order chi connectivity index (χ0) is 13.7. The van der Waals surface area contributed by atoms with Crippen LogP contribution in [0.25, 0.3) is 0 Å². The van der Waals surface area contributed by atoms with Gasteiger partial charge in [0.15, 0.2) is 0 Å². The number of carboxylic acid groups (broad SMARTS) is 1. The maximum Gasteiger partial charge on any atom is 0.339 e. The van der Waals surface area contributed by atoms with Crippen LogP contribution in [0.15, 0.2) is 18.2 Å². The lowest BCUT2D eigenvalue weighted by atomic mass is 10.1. The topological polar surface area (TPSA) is 55.8 Å². The summed E-state index contributed by atoms with van der Waals surface area (Å²) in [5.74, 6) is -0.492. The fraction of sp³-hybridized carbons (Fsp3) is 0.533. The van der Waals surface area contributed by atoms with E-state index >= 15 is 0 Å². The first-order valence-electron chi connectivity index (χ1n) is 6.75. The standard InChI is InChI=1S/C15H20O4/c1-11-6-7-13(15(16)17)14(10-11)19-9-3-5-12-4-2-8-18-12/h6-7,10,12H,2-5,8-9H2,1H3,(H,16,17). The van der Waals surface area contributed by atoms with Gasteiger partial charge in [0.25, 0.3) is 0 Å². The second-order valence-corrected chi connectivity index (χ2v) is 4.93. The molecule has 4 nitrogen and oxygen atoms in total. The van der Waals surface area contributed by atoms with E-state index in [1.54, 1.807) is 18.2 Å². The van der Waals surface area contributed by atoms with Crippen LogP contribution < -0.4 is 4.74 Å². The molecule has 2 rings (SSSR count). The molecule has 1 fully saturated rings. The molecule has 1 aromatic carbocycles. The monoisotopic (exact) mass is 264 g/mol. The number of ether oxygens (including phenoxy) is 2. The summed E-state index contributed by atoms with van der Waals surface area (Å²) in [7, 11) is 0. The summed E-state index contributed by atoms with van der Waals surface area (Å²) in [5.41, 5.74) is 1.22. The minimum atomic E-state index is -0.950. The van der Waals surface area contributed by atoms with E-state index < -0.39 is 5.97 Å². The van der Waals surface area contributed by atoms with Gasteiger partial charge in [0.1, 0.15) is 11.3 Å². The Bertz CT molecular complexity index is 436. The quantitative estimate of drug-likeness (QED) is 0.802. The lowest BCUT2D eigenvalue weighted by Gasteiger charge is -2.12. The van der Waals surface area contributed by atoms with Crippen molar-refractivity contribution in [2.75, 3.05) is 13.2 Å². The number of hydrogen-bond acceptors (Lipinski definition) is 3. The Balaban J connectivity index is 1.84. The van der Waals surface area contributed by atoms with Crippen LogP contribution in [0.4, 0.5) is 0 Å². The second-order valence-electron chi connectivity index (χ2n) is 4.93. The molecule has 19 heavy (non-hydrogen) atoms. The van der Waals surface area contributed by atoms with Crippen molar-refractivity contribution >= 4 is 5.97 Å². The van der Waals surface area contributed by atoms with Crippen LogP contribution in [0.2, 0.25) is 0 Å². The summed E-state index contributed by atoms with van der Waals surface area (Å²) in [4.78, 5) is 11.1. The molecule has 0 amide bonds. The lowest BCUT2D eigenvalue weighted by Crippen LogP contribution is -2.09. The third kappa shape index (κ3) is 3.96. The smallest absolute Gasteiger partial charge is 0.339 e. The molecular formula is C15H20O4. The Morgan fingerprint density at radius 2 is 2.37 bits per heavy atom. The lowest BCUT2D eigenvalue weighted by molar-refractivity contribution is 0.0690. The van der Waals surface area contributed by atoms with Gasteiger partial charge in [-0.3, -0.25) is 0 Å². The molecular weight excluding hydrogens is 244 g/mol. The van der Waals surface area contributed by atoms with Gasteiger partial charge < -0.3 is 14.6 Å². The van der Waals surface area contributed by atoms with Crippen LogP contribution in [-0.4, -0.2) is 30.4 Å². The molecule has 1 aliphatic rings. The van der Waals surface area contributed by atoms with Crippen molar-refractivity contribution in [1.82, 2.24) is 0 Å². The molecule has 0 aromatic heterocycles. The highest BCUT2D eigenvalue weighted by Crippen LogP contribution is 2.21. The van der Waals surface area contributed by atoms with E-state index in [0.29, 0.717) is 18.5 Å². The molecule has 0 bridgehead atoms. The molecule has 1 heterocycles. The number of aromatic carboxylic acids is 1. The van der Waals surface area contributed by atoms with Crippen LogP contribution in [0.5, 0.6) is 5.75 Å². The summed E-state index contributed by atoms with van der Waals surface area (Å²) in [6.07, 6.45) is 4.50. The van der Waals surface area contributed by atoms with E-state index in [1.165, 1.54) is 0 Å². The first-order valence-corrected chi connectivity index (χ1v) is 6.75. The number of carbonyl (C=O) groups is 1. The normalized spacial score (nSPS) is 18.5. The van der Waals surface area contributed by atoms with Crippen LogP contribution in [-0.2, 0) is 4.74 Å². The zero-order valence-corrected chi connectivity index (χ0v) is 11.2. The number of aryl methyl sites for hydroxylation is 1. The number of benzene rings is 1. The largest absolute Gasteiger partial charge is 0.493 e. The summed E-state index contributed by atoms with van der Waals surface area (Å²) < 4.78 is 11.1. The summed E-state index contributed by atoms with van der Waals surface area (Å²) in [6.45, 7) is 3.32. The molecule has 1 aliphatic heterocycles. The molecule has 0 saturated carbocycles. The van der Waals surface area contributed by atoms with E-state index in [1.807, 2.05) is 6.92 Å². The Kier molecular flexibility index (Phi) is 4.80. The van der Waals surface area contributed by atoms with E-state index in [2.05, 4.69) is 0 Å². The van der Waals surface area contributed by atoms with Gasteiger partial charge in [0, 0.05) is 6.61 Å². The minimum absolute atomic E-state index is 0.225. The van der Waals surface area contributed by atoms with E-state index in [0.717, 1.165) is 37.9 Å². The van der Waals surface area contributed by atoms with Crippen LogP contribution in [0.1, 0.15) is 41.6 Å². The Hall–Kier alpha value is -1.55.